The number of hydrogen-bond acceptors (Lipinski definition) is 3. The third-order valence-electron chi connectivity index (χ3n) is 5.29. The van der Waals surface area contributed by atoms with Crippen LogP contribution in [0.2, 0.25) is 5.02 Å². The minimum Gasteiger partial charge on any atom is -0.359 e. The standard InChI is InChI=1S/C19H22ClN3/c1-2-18-15-8-13(20)7-6-12(15)11-23(18)19-10-22-9-16-14(19)4-3-5-17(16)21/h6-10,17-18H,2-5,11,21H2,1H3. The first-order valence-electron chi connectivity index (χ1n) is 8.46. The van der Waals surface area contributed by atoms with Gasteiger partial charge in [0.15, 0.2) is 0 Å². The van der Waals surface area contributed by atoms with Crippen LogP contribution in [0.5, 0.6) is 0 Å². The summed E-state index contributed by atoms with van der Waals surface area (Å²) in [5.74, 6) is 0. The molecule has 1 aliphatic carbocycles. The van der Waals surface area contributed by atoms with Crippen molar-refractivity contribution in [2.45, 2.75) is 51.2 Å². The predicted octanol–water partition coefficient (Wildman–Crippen LogP) is 4.54. The fourth-order valence-electron chi connectivity index (χ4n) is 4.16. The van der Waals surface area contributed by atoms with Gasteiger partial charge in [-0.15, -0.1) is 0 Å². The van der Waals surface area contributed by atoms with Gasteiger partial charge in [-0.25, -0.2) is 0 Å². The maximum atomic E-state index is 6.31. The molecular weight excluding hydrogens is 306 g/mol. The number of aromatic nitrogens is 1. The average molecular weight is 328 g/mol. The molecule has 2 aromatic rings. The van der Waals surface area contributed by atoms with E-state index in [0.717, 1.165) is 37.3 Å². The summed E-state index contributed by atoms with van der Waals surface area (Å²) in [6.07, 6.45) is 8.37. The Morgan fingerprint density at radius 3 is 3.00 bits per heavy atom. The molecule has 1 aromatic heterocycles. The molecule has 4 heteroatoms. The molecular formula is C19H22ClN3. The molecule has 2 atom stereocenters. The van der Waals surface area contributed by atoms with Gasteiger partial charge < -0.3 is 10.6 Å². The van der Waals surface area contributed by atoms with E-state index in [-0.39, 0.29) is 6.04 Å². The maximum Gasteiger partial charge on any atom is 0.0596 e. The highest BCUT2D eigenvalue weighted by Gasteiger charge is 2.32. The van der Waals surface area contributed by atoms with Crippen molar-refractivity contribution in [1.29, 1.82) is 0 Å². The Balaban J connectivity index is 1.79. The summed E-state index contributed by atoms with van der Waals surface area (Å²) in [4.78, 5) is 6.99. The van der Waals surface area contributed by atoms with Crippen LogP contribution < -0.4 is 10.6 Å². The second kappa shape index (κ2) is 5.81. The Hall–Kier alpha value is -1.58. The van der Waals surface area contributed by atoms with Crippen LogP contribution in [0.3, 0.4) is 0 Å². The van der Waals surface area contributed by atoms with Crippen LogP contribution >= 0.6 is 11.6 Å². The lowest BCUT2D eigenvalue weighted by Gasteiger charge is -2.32. The van der Waals surface area contributed by atoms with E-state index in [1.807, 2.05) is 18.5 Å². The molecule has 2 unspecified atom stereocenters. The van der Waals surface area contributed by atoms with E-state index in [4.69, 9.17) is 17.3 Å². The fourth-order valence-corrected chi connectivity index (χ4v) is 4.34. The normalized spacial score (nSPS) is 22.8. The molecule has 23 heavy (non-hydrogen) atoms. The lowest BCUT2D eigenvalue weighted by Crippen LogP contribution is -2.25. The predicted molar refractivity (Wildman–Crippen MR) is 94.8 cm³/mol. The Labute approximate surface area is 142 Å². The van der Waals surface area contributed by atoms with E-state index in [0.29, 0.717) is 6.04 Å². The van der Waals surface area contributed by atoms with Crippen LogP contribution in [0, 0.1) is 0 Å². The van der Waals surface area contributed by atoms with Crippen molar-refractivity contribution in [2.75, 3.05) is 4.90 Å². The molecule has 0 spiro atoms. The van der Waals surface area contributed by atoms with Crippen LogP contribution in [0.4, 0.5) is 5.69 Å². The third-order valence-corrected chi connectivity index (χ3v) is 5.52. The highest BCUT2D eigenvalue weighted by Crippen LogP contribution is 2.43. The number of pyridine rings is 1. The number of fused-ring (bicyclic) bond motifs is 2. The van der Waals surface area contributed by atoms with E-state index in [1.165, 1.54) is 27.9 Å². The number of benzene rings is 1. The van der Waals surface area contributed by atoms with Gasteiger partial charge in [-0.2, -0.15) is 0 Å². The van der Waals surface area contributed by atoms with E-state index in [9.17, 15) is 0 Å². The number of halogens is 1. The van der Waals surface area contributed by atoms with E-state index < -0.39 is 0 Å². The van der Waals surface area contributed by atoms with Gasteiger partial charge in [0.1, 0.15) is 0 Å². The Bertz CT molecular complexity index is 743. The number of hydrogen-bond donors (Lipinski definition) is 1. The van der Waals surface area contributed by atoms with Crippen molar-refractivity contribution in [1.82, 2.24) is 4.98 Å². The lowest BCUT2D eigenvalue weighted by atomic mass is 9.88. The number of nitrogens with two attached hydrogens (primary N) is 1. The number of anilines is 1. The summed E-state index contributed by atoms with van der Waals surface area (Å²) in [7, 11) is 0. The molecule has 0 bridgehead atoms. The zero-order valence-electron chi connectivity index (χ0n) is 13.4. The summed E-state index contributed by atoms with van der Waals surface area (Å²) in [6.45, 7) is 3.17. The van der Waals surface area contributed by atoms with Crippen molar-refractivity contribution >= 4 is 17.3 Å². The first-order valence-corrected chi connectivity index (χ1v) is 8.84. The zero-order chi connectivity index (χ0) is 16.0. The topological polar surface area (TPSA) is 42.2 Å². The summed E-state index contributed by atoms with van der Waals surface area (Å²) >= 11 is 6.23. The fraction of sp³-hybridized carbons (Fsp3) is 0.421. The van der Waals surface area contributed by atoms with Gasteiger partial charge in [-0.3, -0.25) is 4.98 Å². The van der Waals surface area contributed by atoms with Gasteiger partial charge in [0, 0.05) is 23.8 Å². The molecule has 1 aromatic carbocycles. The van der Waals surface area contributed by atoms with Crippen LogP contribution in [-0.2, 0) is 13.0 Å². The summed E-state index contributed by atoms with van der Waals surface area (Å²) in [5.41, 5.74) is 12.9. The van der Waals surface area contributed by atoms with Crippen molar-refractivity contribution in [2.24, 2.45) is 5.73 Å². The Kier molecular flexibility index (Phi) is 3.78. The van der Waals surface area contributed by atoms with Crippen LogP contribution in [-0.4, -0.2) is 4.98 Å². The molecule has 1 aliphatic heterocycles. The second-order valence-corrected chi connectivity index (χ2v) is 7.06. The molecule has 0 amide bonds. The molecule has 2 heterocycles. The van der Waals surface area contributed by atoms with Gasteiger partial charge in [0.05, 0.1) is 17.9 Å². The highest BCUT2D eigenvalue weighted by atomic mass is 35.5. The molecule has 120 valence electrons. The van der Waals surface area contributed by atoms with Gasteiger partial charge >= 0.3 is 0 Å². The smallest absolute Gasteiger partial charge is 0.0596 e. The van der Waals surface area contributed by atoms with Gasteiger partial charge in [-0.05, 0) is 60.1 Å². The van der Waals surface area contributed by atoms with Gasteiger partial charge in [0.2, 0.25) is 0 Å². The molecule has 0 saturated carbocycles. The lowest BCUT2D eigenvalue weighted by molar-refractivity contribution is 0.562. The third kappa shape index (κ3) is 2.43. The van der Waals surface area contributed by atoms with Crippen LogP contribution in [0.25, 0.3) is 0 Å². The molecule has 4 rings (SSSR count). The van der Waals surface area contributed by atoms with E-state index in [2.05, 4.69) is 28.9 Å². The highest BCUT2D eigenvalue weighted by molar-refractivity contribution is 6.30. The first-order chi connectivity index (χ1) is 11.2. The molecule has 0 radical (unpaired) electrons. The monoisotopic (exact) mass is 327 g/mol. The van der Waals surface area contributed by atoms with E-state index >= 15 is 0 Å². The molecule has 0 fully saturated rings. The van der Waals surface area contributed by atoms with Crippen molar-refractivity contribution < 1.29 is 0 Å². The van der Waals surface area contributed by atoms with Crippen LogP contribution in [0.1, 0.15) is 60.5 Å². The van der Waals surface area contributed by atoms with Crippen molar-refractivity contribution in [3.8, 4) is 0 Å². The molecule has 0 saturated heterocycles. The number of rotatable bonds is 2. The van der Waals surface area contributed by atoms with Gasteiger partial charge in [-0.1, -0.05) is 24.6 Å². The minimum absolute atomic E-state index is 0.130. The van der Waals surface area contributed by atoms with Crippen LogP contribution in [0.15, 0.2) is 30.6 Å². The summed E-state index contributed by atoms with van der Waals surface area (Å²) in [6, 6.07) is 6.78. The van der Waals surface area contributed by atoms with Gasteiger partial charge in [0.25, 0.3) is 0 Å². The van der Waals surface area contributed by atoms with E-state index in [1.54, 1.807) is 0 Å². The minimum atomic E-state index is 0.130. The molecule has 2 aliphatic rings. The molecule has 2 N–H and O–H groups in total. The van der Waals surface area contributed by atoms with Crippen molar-refractivity contribution in [3.63, 3.8) is 0 Å². The summed E-state index contributed by atoms with van der Waals surface area (Å²) in [5, 5.41) is 0.819. The zero-order valence-corrected chi connectivity index (χ0v) is 14.2. The van der Waals surface area contributed by atoms with Crippen molar-refractivity contribution in [3.05, 3.63) is 57.9 Å². The maximum absolute atomic E-state index is 6.31. The summed E-state index contributed by atoms with van der Waals surface area (Å²) < 4.78 is 0. The largest absolute Gasteiger partial charge is 0.359 e. The quantitative estimate of drug-likeness (QED) is 0.880. The molecule has 3 nitrogen and oxygen atoms in total. The Morgan fingerprint density at radius 2 is 2.17 bits per heavy atom. The number of nitrogens with zero attached hydrogens (tertiary/aromatic N) is 2. The average Bonchev–Trinajstić information content (AvgIpc) is 2.92. The second-order valence-electron chi connectivity index (χ2n) is 6.62. The Morgan fingerprint density at radius 1 is 1.30 bits per heavy atom. The SMILES string of the molecule is CCC1c2cc(Cl)ccc2CN1c1cncc2c1CCCC2N. The first kappa shape index (κ1) is 15.0.